The highest BCUT2D eigenvalue weighted by molar-refractivity contribution is 5.98. The monoisotopic (exact) mass is 318 g/mol. The summed E-state index contributed by atoms with van der Waals surface area (Å²) in [6, 6.07) is 3.98. The molecule has 3 heterocycles. The van der Waals surface area contributed by atoms with Crippen molar-refractivity contribution in [2.45, 2.75) is 18.9 Å². The second-order valence-corrected chi connectivity index (χ2v) is 5.71. The van der Waals surface area contributed by atoms with Crippen LogP contribution in [0.3, 0.4) is 0 Å². The fourth-order valence-corrected chi connectivity index (χ4v) is 2.49. The van der Waals surface area contributed by atoms with Crippen LogP contribution in [0.1, 0.15) is 28.8 Å². The summed E-state index contributed by atoms with van der Waals surface area (Å²) in [6.45, 7) is 0. The number of fused-ring (bicyclic) bond motifs is 1. The Hall–Kier alpha value is -3.40. The van der Waals surface area contributed by atoms with Gasteiger partial charge in [0.15, 0.2) is 11.5 Å². The molecule has 7 heteroatoms. The highest BCUT2D eigenvalue weighted by atomic mass is 16.1. The first-order valence-electron chi connectivity index (χ1n) is 7.53. The molecule has 0 saturated heterocycles. The number of terminal acetylenes is 1. The number of amides is 1. The Morgan fingerprint density at radius 3 is 2.83 bits per heavy atom. The van der Waals surface area contributed by atoms with Crippen molar-refractivity contribution in [2.24, 2.45) is 5.73 Å². The minimum absolute atomic E-state index is 0.365. The summed E-state index contributed by atoms with van der Waals surface area (Å²) < 4.78 is 1.61. The maximum Gasteiger partial charge on any atom is 0.252 e. The number of carbonyl (C=O) groups is 1. The zero-order valence-corrected chi connectivity index (χ0v) is 12.7. The number of carbonyl (C=O) groups excluding carboxylic acids is 1. The summed E-state index contributed by atoms with van der Waals surface area (Å²) in [7, 11) is 0. The second kappa shape index (κ2) is 5.35. The first kappa shape index (κ1) is 14.2. The molecule has 0 aromatic carbocycles. The van der Waals surface area contributed by atoms with E-state index in [1.54, 1.807) is 23.1 Å². The van der Waals surface area contributed by atoms with Crippen molar-refractivity contribution < 1.29 is 4.79 Å². The van der Waals surface area contributed by atoms with E-state index in [1.165, 1.54) is 6.20 Å². The molecule has 0 atom stereocenters. The van der Waals surface area contributed by atoms with E-state index in [0.29, 0.717) is 34.3 Å². The molecule has 1 aliphatic rings. The summed E-state index contributed by atoms with van der Waals surface area (Å²) in [5.41, 5.74) is 7.79. The molecule has 0 bridgehead atoms. The lowest BCUT2D eigenvalue weighted by molar-refractivity contribution is 0.100. The van der Waals surface area contributed by atoms with E-state index in [2.05, 4.69) is 26.3 Å². The van der Waals surface area contributed by atoms with E-state index in [1.807, 2.05) is 6.07 Å². The number of anilines is 1. The van der Waals surface area contributed by atoms with Crippen LogP contribution >= 0.6 is 0 Å². The topological polar surface area (TPSA) is 98.7 Å². The Bertz CT molecular complexity index is 996. The molecular formula is C17H14N6O. The molecule has 1 saturated carbocycles. The van der Waals surface area contributed by atoms with Crippen molar-refractivity contribution in [3.05, 3.63) is 41.9 Å². The van der Waals surface area contributed by atoms with Crippen molar-refractivity contribution >= 4 is 22.6 Å². The van der Waals surface area contributed by atoms with Gasteiger partial charge in [-0.2, -0.15) is 9.78 Å². The van der Waals surface area contributed by atoms with Gasteiger partial charge in [-0.15, -0.1) is 6.42 Å². The van der Waals surface area contributed by atoms with Crippen molar-refractivity contribution in [2.75, 3.05) is 5.32 Å². The Morgan fingerprint density at radius 2 is 2.12 bits per heavy atom. The van der Waals surface area contributed by atoms with Gasteiger partial charge in [0.05, 0.1) is 17.4 Å². The molecular weight excluding hydrogens is 304 g/mol. The average Bonchev–Trinajstić information content (AvgIpc) is 3.30. The third kappa shape index (κ3) is 2.44. The summed E-state index contributed by atoms with van der Waals surface area (Å²) in [5, 5.41) is 8.46. The maximum atomic E-state index is 11.6. The van der Waals surface area contributed by atoms with Crippen LogP contribution in [0.2, 0.25) is 0 Å². The molecule has 4 rings (SSSR count). The van der Waals surface area contributed by atoms with Crippen molar-refractivity contribution in [3.8, 4) is 18.2 Å². The number of hydrogen-bond acceptors (Lipinski definition) is 5. The number of nitrogens with zero attached hydrogens (tertiary/aromatic N) is 4. The van der Waals surface area contributed by atoms with Gasteiger partial charge in [0, 0.05) is 35.5 Å². The number of primary amides is 1. The first-order valence-corrected chi connectivity index (χ1v) is 7.53. The smallest absolute Gasteiger partial charge is 0.252 e. The molecule has 1 fully saturated rings. The quantitative estimate of drug-likeness (QED) is 0.710. The number of nitrogens with two attached hydrogens (primary N) is 1. The maximum absolute atomic E-state index is 11.6. The van der Waals surface area contributed by atoms with E-state index >= 15 is 0 Å². The van der Waals surface area contributed by atoms with Crippen LogP contribution in [0, 0.1) is 12.3 Å². The van der Waals surface area contributed by atoms with Gasteiger partial charge in [0.2, 0.25) is 0 Å². The SMILES string of the molecule is C#Cc1cnc2c(cnn2-c2cc(NC3CC3)c(C(N)=O)cn2)c1. The van der Waals surface area contributed by atoms with E-state index in [4.69, 9.17) is 12.2 Å². The van der Waals surface area contributed by atoms with Gasteiger partial charge in [-0.3, -0.25) is 4.79 Å². The highest BCUT2D eigenvalue weighted by Gasteiger charge is 2.23. The molecule has 3 N–H and O–H groups in total. The fraction of sp³-hybridized carbons (Fsp3) is 0.176. The predicted molar refractivity (Wildman–Crippen MR) is 89.8 cm³/mol. The van der Waals surface area contributed by atoms with Crippen LogP contribution in [0.5, 0.6) is 0 Å². The van der Waals surface area contributed by atoms with Crippen molar-refractivity contribution in [1.29, 1.82) is 0 Å². The van der Waals surface area contributed by atoms with E-state index in [-0.39, 0.29) is 0 Å². The number of nitrogens with one attached hydrogen (secondary N) is 1. The van der Waals surface area contributed by atoms with Crippen molar-refractivity contribution in [3.63, 3.8) is 0 Å². The zero-order valence-electron chi connectivity index (χ0n) is 12.7. The molecule has 3 aromatic heterocycles. The Kier molecular flexibility index (Phi) is 3.17. The van der Waals surface area contributed by atoms with Crippen LogP contribution in [-0.4, -0.2) is 31.7 Å². The highest BCUT2D eigenvalue weighted by Crippen LogP contribution is 2.28. The predicted octanol–water partition coefficient (Wildman–Crippen LogP) is 1.47. The van der Waals surface area contributed by atoms with Gasteiger partial charge in [0.1, 0.15) is 0 Å². The van der Waals surface area contributed by atoms with Gasteiger partial charge in [-0.1, -0.05) is 5.92 Å². The standard InChI is InChI=1S/C17H14N6O/c1-2-10-5-11-8-21-23(17(11)20-7-10)15-6-14(22-12-3-4-12)13(9-19-15)16(18)24/h1,5-9,12H,3-4H2,(H2,18,24)(H,19,22). The Balaban J connectivity index is 1.81. The summed E-state index contributed by atoms with van der Waals surface area (Å²) in [6.07, 6.45) is 12.3. The normalized spacial score (nSPS) is 13.6. The van der Waals surface area contributed by atoms with Crippen LogP contribution in [0.25, 0.3) is 16.9 Å². The minimum atomic E-state index is -0.515. The second-order valence-electron chi connectivity index (χ2n) is 5.71. The molecule has 1 aliphatic carbocycles. The largest absolute Gasteiger partial charge is 0.382 e. The van der Waals surface area contributed by atoms with Crippen LogP contribution in [0.15, 0.2) is 30.7 Å². The third-order valence-electron chi connectivity index (χ3n) is 3.88. The number of pyridine rings is 2. The molecule has 24 heavy (non-hydrogen) atoms. The van der Waals surface area contributed by atoms with Crippen molar-refractivity contribution in [1.82, 2.24) is 19.7 Å². The summed E-state index contributed by atoms with van der Waals surface area (Å²) >= 11 is 0. The average molecular weight is 318 g/mol. The molecule has 1 amide bonds. The first-order chi connectivity index (χ1) is 11.7. The third-order valence-corrected chi connectivity index (χ3v) is 3.88. The fourth-order valence-electron chi connectivity index (χ4n) is 2.49. The molecule has 0 unspecified atom stereocenters. The Morgan fingerprint density at radius 1 is 1.29 bits per heavy atom. The molecule has 0 spiro atoms. The molecule has 0 aliphatic heterocycles. The summed E-state index contributed by atoms with van der Waals surface area (Å²) in [4.78, 5) is 20.3. The summed E-state index contributed by atoms with van der Waals surface area (Å²) in [5.74, 6) is 2.59. The van der Waals surface area contributed by atoms with Crippen LogP contribution in [-0.2, 0) is 0 Å². The van der Waals surface area contributed by atoms with Gasteiger partial charge in [-0.05, 0) is 18.9 Å². The Labute approximate surface area is 137 Å². The molecule has 3 aromatic rings. The van der Waals surface area contributed by atoms with E-state index in [0.717, 1.165) is 18.2 Å². The van der Waals surface area contributed by atoms with Gasteiger partial charge in [0.25, 0.3) is 5.91 Å². The molecule has 0 radical (unpaired) electrons. The number of rotatable bonds is 4. The van der Waals surface area contributed by atoms with E-state index in [9.17, 15) is 4.79 Å². The van der Waals surface area contributed by atoms with Crippen LogP contribution < -0.4 is 11.1 Å². The lowest BCUT2D eigenvalue weighted by atomic mass is 10.2. The lowest BCUT2D eigenvalue weighted by Crippen LogP contribution is -2.16. The zero-order chi connectivity index (χ0) is 16.7. The van der Waals surface area contributed by atoms with Gasteiger partial charge in [-0.25, -0.2) is 9.97 Å². The van der Waals surface area contributed by atoms with Gasteiger partial charge >= 0.3 is 0 Å². The number of aromatic nitrogens is 4. The van der Waals surface area contributed by atoms with E-state index < -0.39 is 5.91 Å². The molecule has 7 nitrogen and oxygen atoms in total. The van der Waals surface area contributed by atoms with Gasteiger partial charge < -0.3 is 11.1 Å². The lowest BCUT2D eigenvalue weighted by Gasteiger charge is -2.11. The minimum Gasteiger partial charge on any atom is -0.382 e. The van der Waals surface area contributed by atoms with Crippen LogP contribution in [0.4, 0.5) is 5.69 Å². The molecule has 118 valence electrons. The number of hydrogen-bond donors (Lipinski definition) is 2.